The van der Waals surface area contributed by atoms with E-state index in [1.54, 1.807) is 0 Å². The molecule has 0 aromatic rings. The lowest BCUT2D eigenvalue weighted by Gasteiger charge is -2.18. The molecule has 0 aliphatic rings. The summed E-state index contributed by atoms with van der Waals surface area (Å²) in [5.41, 5.74) is 5.60. The summed E-state index contributed by atoms with van der Waals surface area (Å²) < 4.78 is 4.96. The molecule has 0 amide bonds. The van der Waals surface area contributed by atoms with Gasteiger partial charge in [0.05, 0.1) is 6.61 Å². The van der Waals surface area contributed by atoms with Crippen LogP contribution in [-0.2, 0) is 9.53 Å². The van der Waals surface area contributed by atoms with Gasteiger partial charge in [-0.3, -0.25) is 4.79 Å². The van der Waals surface area contributed by atoms with Crippen molar-refractivity contribution in [2.24, 2.45) is 11.1 Å². The van der Waals surface area contributed by atoms with Gasteiger partial charge in [0.15, 0.2) is 0 Å². The lowest BCUT2D eigenvalue weighted by Crippen LogP contribution is -2.33. The molecule has 0 bridgehead atoms. The molecule has 0 aliphatic heterocycles. The summed E-state index contributed by atoms with van der Waals surface area (Å²) >= 11 is 0. The van der Waals surface area contributed by atoms with Crippen LogP contribution in [0.5, 0.6) is 0 Å². The third-order valence-electron chi connectivity index (χ3n) is 1.84. The van der Waals surface area contributed by atoms with Crippen molar-refractivity contribution in [2.45, 2.75) is 39.7 Å². The van der Waals surface area contributed by atoms with Crippen LogP contribution in [0, 0.1) is 5.41 Å². The molecule has 4 nitrogen and oxygen atoms in total. The fourth-order valence-corrected chi connectivity index (χ4v) is 0.822. The van der Waals surface area contributed by atoms with Crippen LogP contribution in [0.4, 0.5) is 0 Å². The molecule has 1 unspecified atom stereocenters. The van der Waals surface area contributed by atoms with E-state index in [0.29, 0.717) is 6.61 Å². The minimum Gasteiger partial charge on any atom is -0.465 e. The molecule has 3 N–H and O–H groups in total. The van der Waals surface area contributed by atoms with E-state index >= 15 is 0 Å². The van der Waals surface area contributed by atoms with Gasteiger partial charge in [-0.05, 0) is 18.3 Å². The Morgan fingerprint density at radius 3 is 2.50 bits per heavy atom. The Morgan fingerprint density at radius 2 is 2.07 bits per heavy atom. The normalized spacial score (nSPS) is 13.8. The van der Waals surface area contributed by atoms with Gasteiger partial charge in [0.25, 0.3) is 0 Å². The number of aliphatic hydroxyl groups is 1. The lowest BCUT2D eigenvalue weighted by molar-refractivity contribution is -0.146. The largest absolute Gasteiger partial charge is 0.465 e. The second-order valence-electron chi connectivity index (χ2n) is 4.60. The number of nitrogens with two attached hydrogens (primary N) is 1. The predicted molar refractivity (Wildman–Crippen MR) is 54.7 cm³/mol. The van der Waals surface area contributed by atoms with Gasteiger partial charge in [0.2, 0.25) is 0 Å². The van der Waals surface area contributed by atoms with E-state index in [4.69, 9.17) is 15.6 Å². The van der Waals surface area contributed by atoms with Crippen LogP contribution < -0.4 is 5.73 Å². The summed E-state index contributed by atoms with van der Waals surface area (Å²) in [6, 6.07) is -0.694. The molecule has 0 spiro atoms. The highest BCUT2D eigenvalue weighted by molar-refractivity contribution is 5.75. The Labute approximate surface area is 85.4 Å². The van der Waals surface area contributed by atoms with Gasteiger partial charge < -0.3 is 15.6 Å². The zero-order valence-electron chi connectivity index (χ0n) is 9.25. The van der Waals surface area contributed by atoms with E-state index in [2.05, 4.69) is 20.8 Å². The first-order chi connectivity index (χ1) is 6.37. The summed E-state index contributed by atoms with van der Waals surface area (Å²) in [5, 5.41) is 8.55. The lowest BCUT2D eigenvalue weighted by atomic mass is 9.93. The summed E-state index contributed by atoms with van der Waals surface area (Å²) in [7, 11) is 0. The van der Waals surface area contributed by atoms with Crippen molar-refractivity contribution in [1.82, 2.24) is 0 Å². The maximum absolute atomic E-state index is 11.2. The quantitative estimate of drug-likeness (QED) is 0.644. The highest BCUT2D eigenvalue weighted by Crippen LogP contribution is 2.17. The fourth-order valence-electron chi connectivity index (χ4n) is 0.822. The number of carbonyl (C=O) groups excluding carboxylic acids is 1. The van der Waals surface area contributed by atoms with Gasteiger partial charge in [-0.1, -0.05) is 20.8 Å². The first-order valence-electron chi connectivity index (χ1n) is 4.90. The molecule has 1 atom stereocenters. The van der Waals surface area contributed by atoms with Crippen molar-refractivity contribution < 1.29 is 14.6 Å². The highest BCUT2D eigenvalue weighted by atomic mass is 16.5. The molecule has 0 aromatic carbocycles. The second-order valence-corrected chi connectivity index (χ2v) is 4.60. The van der Waals surface area contributed by atoms with Gasteiger partial charge >= 0.3 is 5.97 Å². The van der Waals surface area contributed by atoms with Crippen LogP contribution in [0.15, 0.2) is 0 Å². The third kappa shape index (κ3) is 6.86. The molecule has 14 heavy (non-hydrogen) atoms. The van der Waals surface area contributed by atoms with E-state index < -0.39 is 12.0 Å². The van der Waals surface area contributed by atoms with Crippen LogP contribution >= 0.6 is 0 Å². The van der Waals surface area contributed by atoms with E-state index in [9.17, 15) is 4.79 Å². The van der Waals surface area contributed by atoms with E-state index in [1.807, 2.05) is 0 Å². The summed E-state index contributed by atoms with van der Waals surface area (Å²) in [6.07, 6.45) is 1.07. The SMILES string of the molecule is CC(C)(C)CCOC(=O)C(N)CCO. The van der Waals surface area contributed by atoms with Gasteiger partial charge in [-0.2, -0.15) is 0 Å². The summed E-state index contributed by atoms with van der Waals surface area (Å²) in [5.74, 6) is -0.427. The molecule has 0 rings (SSSR count). The predicted octanol–water partition coefficient (Wildman–Crippen LogP) is 0.676. The molecule has 0 fully saturated rings. The molecule has 0 radical (unpaired) electrons. The van der Waals surface area contributed by atoms with Gasteiger partial charge in [-0.15, -0.1) is 0 Å². The maximum Gasteiger partial charge on any atom is 0.322 e. The van der Waals surface area contributed by atoms with Gasteiger partial charge in [-0.25, -0.2) is 0 Å². The molecule has 0 saturated carbocycles. The molecule has 4 heteroatoms. The molecule has 0 heterocycles. The van der Waals surface area contributed by atoms with Crippen LogP contribution in [0.3, 0.4) is 0 Å². The average Bonchev–Trinajstić information content (AvgIpc) is 2.02. The topological polar surface area (TPSA) is 72.5 Å². The van der Waals surface area contributed by atoms with Crippen molar-refractivity contribution in [3.05, 3.63) is 0 Å². The smallest absolute Gasteiger partial charge is 0.322 e. The summed E-state index contributed by atoms with van der Waals surface area (Å²) in [6.45, 7) is 6.54. The number of ether oxygens (including phenoxy) is 1. The maximum atomic E-state index is 11.2. The minimum absolute atomic E-state index is 0.0878. The molecular formula is C10H21NO3. The van der Waals surface area contributed by atoms with Crippen molar-refractivity contribution in [3.63, 3.8) is 0 Å². The van der Waals surface area contributed by atoms with E-state index in [0.717, 1.165) is 6.42 Å². The Hall–Kier alpha value is -0.610. The molecule has 0 aromatic heterocycles. The zero-order chi connectivity index (χ0) is 11.2. The van der Waals surface area contributed by atoms with Gasteiger partial charge in [0.1, 0.15) is 6.04 Å². The van der Waals surface area contributed by atoms with Crippen molar-refractivity contribution >= 4 is 5.97 Å². The van der Waals surface area contributed by atoms with Crippen LogP contribution in [0.2, 0.25) is 0 Å². The minimum atomic E-state index is -0.694. The zero-order valence-corrected chi connectivity index (χ0v) is 9.25. The number of esters is 1. The number of hydrogen-bond acceptors (Lipinski definition) is 4. The van der Waals surface area contributed by atoms with Gasteiger partial charge in [0, 0.05) is 6.61 Å². The molecule has 0 saturated heterocycles. The fraction of sp³-hybridized carbons (Fsp3) is 0.900. The third-order valence-corrected chi connectivity index (χ3v) is 1.84. The average molecular weight is 203 g/mol. The number of aliphatic hydroxyl groups excluding tert-OH is 1. The van der Waals surface area contributed by atoms with E-state index in [-0.39, 0.29) is 18.4 Å². The van der Waals surface area contributed by atoms with Crippen molar-refractivity contribution in [3.8, 4) is 0 Å². The standard InChI is InChI=1S/C10H21NO3/c1-10(2,3)5-7-14-9(13)8(11)4-6-12/h8,12H,4-7,11H2,1-3H3. The Morgan fingerprint density at radius 1 is 1.50 bits per heavy atom. The Kier molecular flexibility index (Phi) is 5.72. The van der Waals surface area contributed by atoms with Crippen LogP contribution in [0.1, 0.15) is 33.6 Å². The Balaban J connectivity index is 3.64. The molecular weight excluding hydrogens is 182 g/mol. The Bertz CT molecular complexity index is 175. The first-order valence-corrected chi connectivity index (χ1v) is 4.90. The number of hydrogen-bond donors (Lipinski definition) is 2. The first kappa shape index (κ1) is 13.4. The van der Waals surface area contributed by atoms with Crippen LogP contribution in [0.25, 0.3) is 0 Å². The van der Waals surface area contributed by atoms with Crippen LogP contribution in [-0.4, -0.2) is 30.3 Å². The summed E-state index contributed by atoms with van der Waals surface area (Å²) in [4.78, 5) is 11.2. The second kappa shape index (κ2) is 5.98. The number of rotatable bonds is 5. The highest BCUT2D eigenvalue weighted by Gasteiger charge is 2.16. The molecule has 84 valence electrons. The monoisotopic (exact) mass is 203 g/mol. The van der Waals surface area contributed by atoms with Crippen molar-refractivity contribution in [1.29, 1.82) is 0 Å². The number of carbonyl (C=O) groups is 1. The van der Waals surface area contributed by atoms with E-state index in [1.165, 1.54) is 0 Å². The van der Waals surface area contributed by atoms with Crippen molar-refractivity contribution in [2.75, 3.05) is 13.2 Å². The molecule has 0 aliphatic carbocycles.